The fourth-order valence-corrected chi connectivity index (χ4v) is 4.04. The molecule has 1 amide bonds. The van der Waals surface area contributed by atoms with Gasteiger partial charge in [0.2, 0.25) is 5.76 Å². The molecule has 0 unspecified atom stereocenters. The molecule has 0 aliphatic heterocycles. The second-order valence-electron chi connectivity index (χ2n) is 6.60. The minimum Gasteiger partial charge on any atom is -0.351 e. The zero-order valence-electron chi connectivity index (χ0n) is 13.5. The van der Waals surface area contributed by atoms with E-state index in [9.17, 15) is 4.79 Å². The predicted octanol–water partition coefficient (Wildman–Crippen LogP) is 2.48. The predicted molar refractivity (Wildman–Crippen MR) is 83.9 cm³/mol. The maximum Gasteiger partial charge on any atom is 0.293 e. The van der Waals surface area contributed by atoms with Gasteiger partial charge < -0.3 is 9.42 Å². The molecule has 122 valence electrons. The molecule has 0 saturated heterocycles. The van der Waals surface area contributed by atoms with Gasteiger partial charge in [-0.2, -0.15) is 5.10 Å². The number of rotatable bonds is 4. The average Bonchev–Trinajstić information content (AvgIpc) is 3.32. The summed E-state index contributed by atoms with van der Waals surface area (Å²) in [6.07, 6.45) is 9.39. The van der Waals surface area contributed by atoms with Crippen LogP contribution in [0.25, 0.3) is 0 Å². The number of aryl methyl sites for hydroxylation is 1. The van der Waals surface area contributed by atoms with Gasteiger partial charge in [-0.05, 0) is 37.7 Å². The molecule has 0 atom stereocenters. The second kappa shape index (κ2) is 5.83. The Morgan fingerprint density at radius 1 is 1.35 bits per heavy atom. The number of carbonyl (C=O) groups is 1. The molecule has 0 bridgehead atoms. The first-order valence-electron chi connectivity index (χ1n) is 8.49. The SMILES string of the molecule is Cn1nc(CN(C(=O)c2ccno2)C2CCCC2)c2c1CCC2. The number of hydrogen-bond donors (Lipinski definition) is 0. The molecule has 2 aliphatic rings. The van der Waals surface area contributed by atoms with Gasteiger partial charge >= 0.3 is 0 Å². The fraction of sp³-hybridized carbons (Fsp3) is 0.588. The number of hydrogen-bond acceptors (Lipinski definition) is 4. The second-order valence-corrected chi connectivity index (χ2v) is 6.60. The molecule has 0 radical (unpaired) electrons. The topological polar surface area (TPSA) is 64.2 Å². The van der Waals surface area contributed by atoms with E-state index in [1.165, 1.54) is 36.7 Å². The van der Waals surface area contributed by atoms with E-state index in [4.69, 9.17) is 4.52 Å². The highest BCUT2D eigenvalue weighted by molar-refractivity contribution is 5.91. The van der Waals surface area contributed by atoms with Crippen molar-refractivity contribution in [2.75, 3.05) is 0 Å². The number of carbonyl (C=O) groups excluding carboxylic acids is 1. The first kappa shape index (κ1) is 14.5. The molecule has 1 saturated carbocycles. The number of aromatic nitrogens is 3. The van der Waals surface area contributed by atoms with Gasteiger partial charge in [-0.3, -0.25) is 9.48 Å². The van der Waals surface area contributed by atoms with Crippen molar-refractivity contribution in [1.29, 1.82) is 0 Å². The largest absolute Gasteiger partial charge is 0.351 e. The Bertz CT molecular complexity index is 699. The zero-order chi connectivity index (χ0) is 15.8. The molecule has 2 heterocycles. The standard InChI is InChI=1S/C17H22N4O2/c1-20-15-8-4-7-13(15)14(19-20)11-21(12-5-2-3-6-12)17(22)16-9-10-18-23-16/h9-10,12H,2-8,11H2,1H3. The van der Waals surface area contributed by atoms with Gasteiger partial charge in [-0.15, -0.1) is 0 Å². The molecule has 23 heavy (non-hydrogen) atoms. The molecule has 6 heteroatoms. The molecule has 2 aliphatic carbocycles. The van der Waals surface area contributed by atoms with Crippen molar-refractivity contribution in [3.63, 3.8) is 0 Å². The van der Waals surface area contributed by atoms with Crippen LogP contribution in [-0.2, 0) is 26.4 Å². The van der Waals surface area contributed by atoms with E-state index >= 15 is 0 Å². The number of fused-ring (bicyclic) bond motifs is 1. The molecule has 2 aromatic rings. The van der Waals surface area contributed by atoms with Gasteiger partial charge in [-0.1, -0.05) is 18.0 Å². The van der Waals surface area contributed by atoms with Gasteiger partial charge in [0.15, 0.2) is 0 Å². The van der Waals surface area contributed by atoms with Crippen LogP contribution in [0.3, 0.4) is 0 Å². The van der Waals surface area contributed by atoms with Gasteiger partial charge in [-0.25, -0.2) is 0 Å². The summed E-state index contributed by atoms with van der Waals surface area (Å²) >= 11 is 0. The van der Waals surface area contributed by atoms with Crippen LogP contribution in [0.4, 0.5) is 0 Å². The fourth-order valence-electron chi connectivity index (χ4n) is 4.04. The summed E-state index contributed by atoms with van der Waals surface area (Å²) in [5.74, 6) is 0.260. The lowest BCUT2D eigenvalue weighted by atomic mass is 10.1. The molecule has 0 N–H and O–H groups in total. The maximum atomic E-state index is 12.9. The third-order valence-corrected chi connectivity index (χ3v) is 5.19. The van der Waals surface area contributed by atoms with Crippen molar-refractivity contribution >= 4 is 5.91 Å². The minimum atomic E-state index is -0.0631. The van der Waals surface area contributed by atoms with Crippen molar-refractivity contribution in [1.82, 2.24) is 19.8 Å². The van der Waals surface area contributed by atoms with Crippen LogP contribution in [0.15, 0.2) is 16.8 Å². The Labute approximate surface area is 135 Å². The lowest BCUT2D eigenvalue weighted by molar-refractivity contribution is 0.0618. The molecule has 2 aromatic heterocycles. The van der Waals surface area contributed by atoms with E-state index in [0.717, 1.165) is 31.4 Å². The maximum absolute atomic E-state index is 12.9. The molecule has 0 spiro atoms. The van der Waals surface area contributed by atoms with E-state index in [1.807, 2.05) is 16.6 Å². The van der Waals surface area contributed by atoms with E-state index in [1.54, 1.807) is 6.07 Å². The van der Waals surface area contributed by atoms with E-state index < -0.39 is 0 Å². The van der Waals surface area contributed by atoms with Crippen molar-refractivity contribution < 1.29 is 9.32 Å². The van der Waals surface area contributed by atoms with E-state index in [2.05, 4.69) is 10.3 Å². The summed E-state index contributed by atoms with van der Waals surface area (Å²) in [4.78, 5) is 14.8. The van der Waals surface area contributed by atoms with Gasteiger partial charge in [0.05, 0.1) is 18.4 Å². The van der Waals surface area contributed by atoms with Crippen LogP contribution in [0.5, 0.6) is 0 Å². The lowest BCUT2D eigenvalue weighted by Gasteiger charge is -2.27. The monoisotopic (exact) mass is 314 g/mol. The van der Waals surface area contributed by atoms with Gasteiger partial charge in [0.25, 0.3) is 5.91 Å². The summed E-state index contributed by atoms with van der Waals surface area (Å²) < 4.78 is 7.09. The Kier molecular flexibility index (Phi) is 3.67. The quantitative estimate of drug-likeness (QED) is 0.869. The summed E-state index contributed by atoms with van der Waals surface area (Å²) in [5, 5.41) is 8.36. The molecular formula is C17H22N4O2. The Morgan fingerprint density at radius 2 is 2.17 bits per heavy atom. The van der Waals surface area contributed by atoms with Crippen molar-refractivity contribution in [2.45, 2.75) is 57.5 Å². The lowest BCUT2D eigenvalue weighted by Crippen LogP contribution is -2.38. The van der Waals surface area contributed by atoms with Crippen LogP contribution in [-0.4, -0.2) is 31.8 Å². The molecule has 4 rings (SSSR count). The van der Waals surface area contributed by atoms with Gasteiger partial charge in [0.1, 0.15) is 0 Å². The van der Waals surface area contributed by atoms with Crippen LogP contribution in [0.1, 0.15) is 59.6 Å². The summed E-state index contributed by atoms with van der Waals surface area (Å²) in [6, 6.07) is 1.93. The Balaban J connectivity index is 1.63. The molecule has 6 nitrogen and oxygen atoms in total. The summed E-state index contributed by atoms with van der Waals surface area (Å²) in [6.45, 7) is 0.577. The molecular weight excluding hydrogens is 292 g/mol. The third kappa shape index (κ3) is 2.56. The molecule has 1 fully saturated rings. The van der Waals surface area contributed by atoms with E-state index in [-0.39, 0.29) is 11.9 Å². The van der Waals surface area contributed by atoms with Crippen molar-refractivity contribution in [3.05, 3.63) is 35.0 Å². The van der Waals surface area contributed by atoms with Crippen LogP contribution >= 0.6 is 0 Å². The minimum absolute atomic E-state index is 0.0631. The normalized spacial score (nSPS) is 17.6. The highest BCUT2D eigenvalue weighted by Crippen LogP contribution is 2.30. The van der Waals surface area contributed by atoms with Gasteiger partial charge in [0, 0.05) is 24.8 Å². The highest BCUT2D eigenvalue weighted by atomic mass is 16.5. The highest BCUT2D eigenvalue weighted by Gasteiger charge is 2.31. The summed E-state index contributed by atoms with van der Waals surface area (Å²) in [7, 11) is 2.01. The van der Waals surface area contributed by atoms with Crippen LogP contribution in [0.2, 0.25) is 0 Å². The third-order valence-electron chi connectivity index (χ3n) is 5.19. The van der Waals surface area contributed by atoms with E-state index in [0.29, 0.717) is 12.3 Å². The van der Waals surface area contributed by atoms with Crippen molar-refractivity contribution in [2.24, 2.45) is 7.05 Å². The average molecular weight is 314 g/mol. The molecule has 0 aromatic carbocycles. The number of nitrogens with zero attached hydrogens (tertiary/aromatic N) is 4. The first-order chi connectivity index (χ1) is 11.2. The zero-order valence-corrected chi connectivity index (χ0v) is 13.5. The van der Waals surface area contributed by atoms with Crippen molar-refractivity contribution in [3.8, 4) is 0 Å². The Morgan fingerprint density at radius 3 is 2.91 bits per heavy atom. The Hall–Kier alpha value is -2.11. The smallest absolute Gasteiger partial charge is 0.293 e. The summed E-state index contributed by atoms with van der Waals surface area (Å²) in [5.41, 5.74) is 3.74. The van der Waals surface area contributed by atoms with Crippen LogP contribution in [0, 0.1) is 0 Å². The first-order valence-corrected chi connectivity index (χ1v) is 8.49. The number of amides is 1. The van der Waals surface area contributed by atoms with Crippen LogP contribution < -0.4 is 0 Å².